The molecule has 5 N–H and O–H groups in total. The largest absolute Gasteiger partial charge is 0.507 e. The highest BCUT2D eigenvalue weighted by Crippen LogP contribution is 2.52. The number of amides is 1. The predicted octanol–water partition coefficient (Wildman–Crippen LogP) is 0.265. The van der Waals surface area contributed by atoms with Crippen LogP contribution in [0.15, 0.2) is 36.4 Å². The van der Waals surface area contributed by atoms with Crippen molar-refractivity contribution in [2.24, 2.45) is 29.4 Å². The second-order valence-electron chi connectivity index (χ2n) is 12.4. The van der Waals surface area contributed by atoms with Crippen LogP contribution >= 0.6 is 0 Å². The summed E-state index contributed by atoms with van der Waals surface area (Å²) in [6.45, 7) is 1.11. The minimum atomic E-state index is -2.74. The zero-order chi connectivity index (χ0) is 31.4. The lowest BCUT2D eigenvalue weighted by molar-refractivity contribution is -0.181. The summed E-state index contributed by atoms with van der Waals surface area (Å²) < 4.78 is 0. The van der Waals surface area contributed by atoms with Crippen molar-refractivity contribution < 1.29 is 34.2 Å². The van der Waals surface area contributed by atoms with Crippen molar-refractivity contribution in [2.45, 2.75) is 37.5 Å². The number of phenolic OH excluding ortho intramolecular Hbond substituents is 1. The average molecular weight is 591 g/mol. The molecule has 43 heavy (non-hydrogen) atoms. The monoisotopic (exact) mass is 590 g/mol. The molecule has 228 valence electrons. The minimum Gasteiger partial charge on any atom is -0.507 e. The van der Waals surface area contributed by atoms with Crippen molar-refractivity contribution in [2.75, 3.05) is 39.6 Å². The number of nitrogens with one attached hydrogen (secondary N) is 1. The number of hydrogen-bond acceptors (Lipinski definition) is 10. The van der Waals surface area contributed by atoms with E-state index in [4.69, 9.17) is 5.73 Å². The van der Waals surface area contributed by atoms with Gasteiger partial charge in [0.25, 0.3) is 0 Å². The van der Waals surface area contributed by atoms with E-state index in [-0.39, 0.29) is 24.2 Å². The molecule has 11 nitrogen and oxygen atoms in total. The molecule has 1 amide bonds. The van der Waals surface area contributed by atoms with Crippen molar-refractivity contribution in [3.05, 3.63) is 58.7 Å². The van der Waals surface area contributed by atoms with Gasteiger partial charge in [-0.25, -0.2) is 0 Å². The van der Waals surface area contributed by atoms with Crippen molar-refractivity contribution in [1.29, 1.82) is 0 Å². The number of carbonyl (C=O) groups is 5. The lowest BCUT2D eigenvalue weighted by Gasteiger charge is -2.52. The van der Waals surface area contributed by atoms with Crippen LogP contribution in [0.4, 0.5) is 5.69 Å². The smallest absolute Gasteiger partial charge is 0.235 e. The second kappa shape index (κ2) is 11.3. The number of primary amides is 1. The van der Waals surface area contributed by atoms with Crippen LogP contribution < -0.4 is 16.0 Å². The summed E-state index contributed by atoms with van der Waals surface area (Å²) in [5.74, 6) is -10.5. The van der Waals surface area contributed by atoms with Crippen molar-refractivity contribution >= 4 is 34.7 Å². The quantitative estimate of drug-likeness (QED) is 0.247. The van der Waals surface area contributed by atoms with Crippen LogP contribution in [0.1, 0.15) is 33.5 Å². The molecule has 2 aromatic carbocycles. The van der Waals surface area contributed by atoms with E-state index in [1.54, 1.807) is 14.1 Å². The van der Waals surface area contributed by atoms with E-state index in [2.05, 4.69) is 17.4 Å². The lowest BCUT2D eigenvalue weighted by Crippen LogP contribution is -2.74. The molecule has 6 atom stereocenters. The molecular weight excluding hydrogens is 552 g/mol. The summed E-state index contributed by atoms with van der Waals surface area (Å²) >= 11 is 0. The van der Waals surface area contributed by atoms with Gasteiger partial charge in [-0.1, -0.05) is 30.3 Å². The van der Waals surface area contributed by atoms with Gasteiger partial charge in [-0.3, -0.25) is 28.9 Å². The number of phenols is 1. The Bertz CT molecular complexity index is 1500. The van der Waals surface area contributed by atoms with Gasteiger partial charge in [0, 0.05) is 32.2 Å². The maximum absolute atomic E-state index is 14.0. The Hall–Kier alpha value is -3.93. The fraction of sp³-hybridized carbons (Fsp3) is 0.469. The van der Waals surface area contributed by atoms with Crippen LogP contribution in [0.2, 0.25) is 0 Å². The van der Waals surface area contributed by atoms with Gasteiger partial charge < -0.3 is 26.2 Å². The third kappa shape index (κ3) is 4.85. The van der Waals surface area contributed by atoms with Crippen LogP contribution in [0, 0.1) is 23.7 Å². The summed E-state index contributed by atoms with van der Waals surface area (Å²) in [6, 6.07) is 10.4. The van der Waals surface area contributed by atoms with E-state index in [1.807, 2.05) is 37.2 Å². The molecule has 3 aliphatic carbocycles. The number of nitrogens with zero attached hydrogens (tertiary/aromatic N) is 2. The minimum absolute atomic E-state index is 0.0108. The number of fused-ring (bicyclic) bond motifs is 3. The molecule has 2 saturated carbocycles. The molecule has 0 aliphatic heterocycles. The standard InChI is InChI=1S/C32H38N4O7/c1-35(2)25-18(15-34-11-10-16-8-6-5-7-9-16)14-21(37)23-19(25)12-17-13-20-26(36(3)4)28(39)24(31(33)42)30(41)32(20,43)29(40)22(17)27(23)38/h5-9,14,17,20,22,24,26,34,37,43H,10-13,15H2,1-4H3,(H2,33,42)/t17-,20-,22?,24?,26-,32-/m0/s1. The first-order valence-corrected chi connectivity index (χ1v) is 14.4. The zero-order valence-electron chi connectivity index (χ0n) is 24.8. The molecule has 0 saturated heterocycles. The molecule has 0 radical (unpaired) electrons. The number of nitrogens with two attached hydrogens (primary N) is 1. The summed E-state index contributed by atoms with van der Waals surface area (Å²) in [7, 11) is 6.81. The van der Waals surface area contributed by atoms with E-state index in [0.29, 0.717) is 18.7 Å². The number of Topliss-reactive ketones (excluding diaryl/α,β-unsaturated/α-hetero) is 4. The predicted molar refractivity (Wildman–Crippen MR) is 158 cm³/mol. The molecule has 2 unspecified atom stereocenters. The van der Waals surface area contributed by atoms with Crippen molar-refractivity contribution in [3.63, 3.8) is 0 Å². The molecule has 0 aromatic heterocycles. The number of carbonyl (C=O) groups excluding carboxylic acids is 5. The molecule has 0 heterocycles. The first-order valence-electron chi connectivity index (χ1n) is 14.4. The van der Waals surface area contributed by atoms with Crippen LogP contribution in [-0.2, 0) is 38.6 Å². The fourth-order valence-corrected chi connectivity index (χ4v) is 7.52. The summed E-state index contributed by atoms with van der Waals surface area (Å²) in [5, 5.41) is 26.3. The third-order valence-corrected chi connectivity index (χ3v) is 9.31. The Kier molecular flexibility index (Phi) is 8.02. The van der Waals surface area contributed by atoms with Gasteiger partial charge in [0.1, 0.15) is 5.75 Å². The first kappa shape index (κ1) is 30.5. The Labute approximate surface area is 250 Å². The van der Waals surface area contributed by atoms with Crippen LogP contribution in [0.3, 0.4) is 0 Å². The number of hydrogen-bond donors (Lipinski definition) is 4. The summed E-state index contributed by atoms with van der Waals surface area (Å²) in [6.07, 6.45) is 1.03. The maximum Gasteiger partial charge on any atom is 0.235 e. The van der Waals surface area contributed by atoms with E-state index in [1.165, 1.54) is 16.5 Å². The normalized spacial score (nSPS) is 28.4. The number of aliphatic hydroxyl groups is 1. The number of aromatic hydroxyl groups is 1. The van der Waals surface area contributed by atoms with Gasteiger partial charge >= 0.3 is 0 Å². The van der Waals surface area contributed by atoms with Gasteiger partial charge in [0.05, 0.1) is 17.5 Å². The summed E-state index contributed by atoms with van der Waals surface area (Å²) in [4.78, 5) is 70.2. The van der Waals surface area contributed by atoms with Gasteiger partial charge in [0.2, 0.25) is 5.91 Å². The van der Waals surface area contributed by atoms with Gasteiger partial charge in [0.15, 0.2) is 34.7 Å². The Morgan fingerprint density at radius 1 is 1.07 bits per heavy atom. The average Bonchev–Trinajstić information content (AvgIpc) is 2.93. The number of ketones is 4. The second-order valence-corrected chi connectivity index (χ2v) is 12.4. The Morgan fingerprint density at radius 2 is 1.74 bits per heavy atom. The van der Waals surface area contributed by atoms with E-state index >= 15 is 0 Å². The molecule has 5 rings (SSSR count). The Morgan fingerprint density at radius 3 is 2.35 bits per heavy atom. The molecule has 0 bridgehead atoms. The molecule has 11 heteroatoms. The highest BCUT2D eigenvalue weighted by molar-refractivity contribution is 6.32. The van der Waals surface area contributed by atoms with E-state index < -0.39 is 64.4 Å². The first-order chi connectivity index (χ1) is 20.3. The fourth-order valence-electron chi connectivity index (χ4n) is 7.52. The highest BCUT2D eigenvalue weighted by Gasteiger charge is 2.69. The number of likely N-dealkylation sites (N-methyl/N-ethyl adjacent to an activating group) is 1. The number of anilines is 1. The van der Waals surface area contributed by atoms with Gasteiger partial charge in [-0.2, -0.15) is 0 Å². The maximum atomic E-state index is 14.0. The molecule has 3 aliphatic rings. The highest BCUT2D eigenvalue weighted by atomic mass is 16.3. The van der Waals surface area contributed by atoms with Crippen molar-refractivity contribution in [1.82, 2.24) is 10.2 Å². The lowest BCUT2D eigenvalue weighted by atomic mass is 9.52. The topological polar surface area (TPSA) is 170 Å². The van der Waals surface area contributed by atoms with Gasteiger partial charge in [-0.15, -0.1) is 0 Å². The van der Waals surface area contributed by atoms with Crippen LogP contribution in [0.25, 0.3) is 0 Å². The molecule has 2 aromatic rings. The molecule has 0 spiro atoms. The SMILES string of the molecule is CN(C)c1c(CNCCc2ccccc2)cc(O)c2c1C[C@H]1C[C@H]3[C@H](N(C)C)C(=O)C(C(N)=O)C(=O)[C@@]3(O)C(=O)C1C2=O. The number of rotatable bonds is 8. The molecular formula is C32H38N4O7. The Balaban J connectivity index is 1.51. The molecule has 2 fully saturated rings. The van der Waals surface area contributed by atoms with Crippen LogP contribution in [0.5, 0.6) is 5.75 Å². The van der Waals surface area contributed by atoms with E-state index in [0.717, 1.165) is 17.7 Å². The van der Waals surface area contributed by atoms with Gasteiger partial charge in [-0.05, 0) is 68.6 Å². The number of benzene rings is 2. The van der Waals surface area contributed by atoms with Crippen LogP contribution in [-0.4, -0.2) is 90.5 Å². The summed E-state index contributed by atoms with van der Waals surface area (Å²) in [5.41, 5.74) is 5.92. The van der Waals surface area contributed by atoms with Crippen molar-refractivity contribution in [3.8, 4) is 5.75 Å². The zero-order valence-corrected chi connectivity index (χ0v) is 24.8. The van der Waals surface area contributed by atoms with E-state index in [9.17, 15) is 34.2 Å². The third-order valence-electron chi connectivity index (χ3n) is 9.31.